The van der Waals surface area contributed by atoms with Gasteiger partial charge in [-0.2, -0.15) is 0 Å². The highest BCUT2D eigenvalue weighted by Gasteiger charge is 2.31. The van der Waals surface area contributed by atoms with Gasteiger partial charge in [0.1, 0.15) is 5.75 Å². The van der Waals surface area contributed by atoms with Gasteiger partial charge in [-0.05, 0) is 41.9 Å². The molecule has 1 aromatic heterocycles. The third-order valence-electron chi connectivity index (χ3n) is 3.38. The summed E-state index contributed by atoms with van der Waals surface area (Å²) in [5.74, 6) is -0.556. The molecule has 0 bridgehead atoms. The number of anilines is 1. The average Bonchev–Trinajstić information content (AvgIpc) is 2.80. The summed E-state index contributed by atoms with van der Waals surface area (Å²) in [5, 5.41) is 0.245. The monoisotopic (exact) mass is 404 g/mol. The maximum absolute atomic E-state index is 12.5. The molecule has 138 valence electrons. The normalized spacial score (nSPS) is 12.3. The zero-order valence-corrected chi connectivity index (χ0v) is 14.7. The predicted molar refractivity (Wildman–Crippen MR) is 91.0 cm³/mol. The van der Waals surface area contributed by atoms with E-state index in [1.165, 1.54) is 30.3 Å². The molecule has 2 aromatic carbocycles. The third kappa shape index (κ3) is 3.83. The van der Waals surface area contributed by atoms with E-state index in [1.807, 2.05) is 0 Å². The fraction of sp³-hybridized carbons (Fsp3) is 0.133. The molecule has 0 aliphatic rings. The Balaban J connectivity index is 1.93. The second-order valence-corrected chi connectivity index (χ2v) is 8.02. The molecule has 0 fully saturated rings. The van der Waals surface area contributed by atoms with Crippen molar-refractivity contribution in [3.05, 3.63) is 52.0 Å². The van der Waals surface area contributed by atoms with E-state index in [-0.39, 0.29) is 20.7 Å². The van der Waals surface area contributed by atoms with Crippen LogP contribution < -0.4 is 14.2 Å². The van der Waals surface area contributed by atoms with Crippen LogP contribution in [0.3, 0.4) is 0 Å². The Morgan fingerprint density at radius 1 is 1.15 bits per heavy atom. The van der Waals surface area contributed by atoms with Gasteiger partial charge in [0.2, 0.25) is 0 Å². The minimum Gasteiger partial charge on any atom is -0.406 e. The number of aromatic nitrogens is 1. The van der Waals surface area contributed by atoms with E-state index in [4.69, 9.17) is 0 Å². The SMILES string of the molecule is Cn1sc(=O)c2cc(S(=O)(=O)Nc3cccc(OC(F)(F)F)c3)ccc21. The molecule has 0 aliphatic carbocycles. The predicted octanol–water partition coefficient (Wildman–Crippen LogP) is 3.30. The fourth-order valence-electron chi connectivity index (χ4n) is 2.31. The highest BCUT2D eigenvalue weighted by molar-refractivity contribution is 7.92. The Kier molecular flexibility index (Phi) is 4.44. The number of rotatable bonds is 4. The minimum absolute atomic E-state index is 0.106. The van der Waals surface area contributed by atoms with E-state index < -0.39 is 22.1 Å². The summed E-state index contributed by atoms with van der Waals surface area (Å²) in [7, 11) is -2.43. The molecule has 0 atom stereocenters. The third-order valence-corrected chi connectivity index (χ3v) is 5.61. The quantitative estimate of drug-likeness (QED) is 0.724. The first kappa shape index (κ1) is 18.3. The molecule has 0 saturated carbocycles. The second-order valence-electron chi connectivity index (χ2n) is 5.24. The van der Waals surface area contributed by atoms with Gasteiger partial charge in [0, 0.05) is 13.1 Å². The molecule has 0 amide bonds. The van der Waals surface area contributed by atoms with Crippen molar-refractivity contribution in [2.45, 2.75) is 11.3 Å². The lowest BCUT2D eigenvalue weighted by Crippen LogP contribution is -2.17. The number of hydrogen-bond donors (Lipinski definition) is 1. The van der Waals surface area contributed by atoms with Crippen LogP contribution in [0.25, 0.3) is 10.9 Å². The summed E-state index contributed by atoms with van der Waals surface area (Å²) in [6.45, 7) is 0. The molecule has 1 N–H and O–H groups in total. The zero-order chi connectivity index (χ0) is 19.1. The lowest BCUT2D eigenvalue weighted by Gasteiger charge is -2.12. The lowest BCUT2D eigenvalue weighted by atomic mass is 10.2. The number of halogens is 3. The van der Waals surface area contributed by atoms with E-state index in [2.05, 4.69) is 9.46 Å². The molecule has 0 saturated heterocycles. The first-order chi connectivity index (χ1) is 12.0. The smallest absolute Gasteiger partial charge is 0.406 e. The Morgan fingerprint density at radius 3 is 2.58 bits per heavy atom. The van der Waals surface area contributed by atoms with Crippen molar-refractivity contribution in [2.24, 2.45) is 7.05 Å². The highest BCUT2D eigenvalue weighted by atomic mass is 32.2. The van der Waals surface area contributed by atoms with E-state index in [0.29, 0.717) is 5.52 Å². The van der Waals surface area contributed by atoms with Crippen molar-refractivity contribution in [3.8, 4) is 5.75 Å². The second kappa shape index (κ2) is 6.32. The van der Waals surface area contributed by atoms with Crippen LogP contribution in [0.2, 0.25) is 0 Å². The van der Waals surface area contributed by atoms with Crippen molar-refractivity contribution in [3.63, 3.8) is 0 Å². The summed E-state index contributed by atoms with van der Waals surface area (Å²) >= 11 is 0.936. The van der Waals surface area contributed by atoms with Crippen molar-refractivity contribution in [1.29, 1.82) is 0 Å². The van der Waals surface area contributed by atoms with Gasteiger partial charge >= 0.3 is 6.36 Å². The molecule has 6 nitrogen and oxygen atoms in total. The Hall–Kier alpha value is -2.53. The van der Waals surface area contributed by atoms with Crippen LogP contribution in [0.4, 0.5) is 18.9 Å². The van der Waals surface area contributed by atoms with Crippen molar-refractivity contribution in [1.82, 2.24) is 3.96 Å². The zero-order valence-electron chi connectivity index (χ0n) is 13.1. The molecule has 3 rings (SSSR count). The van der Waals surface area contributed by atoms with Crippen LogP contribution in [0, 0.1) is 0 Å². The Morgan fingerprint density at radius 2 is 1.88 bits per heavy atom. The lowest BCUT2D eigenvalue weighted by molar-refractivity contribution is -0.274. The van der Waals surface area contributed by atoms with Gasteiger partial charge < -0.3 is 4.74 Å². The molecular formula is C15H11F3N2O4S2. The summed E-state index contributed by atoms with van der Waals surface area (Å²) in [6, 6.07) is 8.49. The Bertz CT molecular complexity index is 1130. The number of benzene rings is 2. The fourth-order valence-corrected chi connectivity index (χ4v) is 4.16. The highest BCUT2D eigenvalue weighted by Crippen LogP contribution is 2.27. The number of nitrogens with zero attached hydrogens (tertiary/aromatic N) is 1. The van der Waals surface area contributed by atoms with Crippen molar-refractivity contribution in [2.75, 3.05) is 4.72 Å². The van der Waals surface area contributed by atoms with Crippen LogP contribution in [0.15, 0.2) is 52.2 Å². The van der Waals surface area contributed by atoms with Crippen molar-refractivity contribution >= 4 is 38.1 Å². The van der Waals surface area contributed by atoms with Gasteiger partial charge in [-0.3, -0.25) is 13.5 Å². The number of nitrogens with one attached hydrogen (secondary N) is 1. The summed E-state index contributed by atoms with van der Waals surface area (Å²) in [6.07, 6.45) is -4.89. The first-order valence-electron chi connectivity index (χ1n) is 7.04. The number of fused-ring (bicyclic) bond motifs is 1. The maximum atomic E-state index is 12.5. The van der Waals surface area contributed by atoms with E-state index >= 15 is 0 Å². The number of aryl methyl sites for hydroxylation is 1. The molecule has 1 heterocycles. The molecule has 3 aromatic rings. The topological polar surface area (TPSA) is 77.4 Å². The molecule has 0 aliphatic heterocycles. The van der Waals surface area contributed by atoms with Crippen LogP contribution in [-0.4, -0.2) is 18.7 Å². The molecule has 11 heteroatoms. The van der Waals surface area contributed by atoms with Crippen LogP contribution >= 0.6 is 11.5 Å². The van der Waals surface area contributed by atoms with Gasteiger partial charge in [-0.25, -0.2) is 8.42 Å². The van der Waals surface area contributed by atoms with E-state index in [0.717, 1.165) is 23.7 Å². The summed E-state index contributed by atoms with van der Waals surface area (Å²) in [5.41, 5.74) is 0.476. The number of ether oxygens (including phenoxy) is 1. The largest absolute Gasteiger partial charge is 0.573 e. The standard InChI is InChI=1S/C15H11F3N2O4S2/c1-20-13-6-5-11(8-12(13)14(21)25-20)26(22,23)19-9-3-2-4-10(7-9)24-15(16,17)18/h2-8,19H,1H3. The van der Waals surface area contributed by atoms with Crippen molar-refractivity contribution < 1.29 is 26.3 Å². The van der Waals surface area contributed by atoms with Gasteiger partial charge in [-0.15, -0.1) is 13.2 Å². The molecule has 26 heavy (non-hydrogen) atoms. The average molecular weight is 404 g/mol. The van der Waals surface area contributed by atoms with Crippen LogP contribution in [0.5, 0.6) is 5.75 Å². The number of sulfonamides is 1. The van der Waals surface area contributed by atoms with Crippen LogP contribution in [-0.2, 0) is 17.1 Å². The van der Waals surface area contributed by atoms with Crippen LogP contribution in [0.1, 0.15) is 0 Å². The first-order valence-corrected chi connectivity index (χ1v) is 9.29. The van der Waals surface area contributed by atoms with Gasteiger partial charge in [-0.1, -0.05) is 6.07 Å². The minimum atomic E-state index is -4.89. The number of hydrogen-bond acceptors (Lipinski definition) is 5. The van der Waals surface area contributed by atoms with Gasteiger partial charge in [0.25, 0.3) is 14.8 Å². The summed E-state index contributed by atoms with van der Waals surface area (Å²) in [4.78, 5) is 11.7. The molecular weight excluding hydrogens is 393 g/mol. The molecule has 0 spiro atoms. The van der Waals surface area contributed by atoms with E-state index in [1.54, 1.807) is 11.0 Å². The Labute approximate surface area is 149 Å². The maximum Gasteiger partial charge on any atom is 0.573 e. The molecule has 0 radical (unpaired) electrons. The number of alkyl halides is 3. The molecule has 0 unspecified atom stereocenters. The summed E-state index contributed by atoms with van der Waals surface area (Å²) < 4.78 is 69.0. The van der Waals surface area contributed by atoms with Gasteiger partial charge in [0.05, 0.1) is 21.5 Å². The van der Waals surface area contributed by atoms with Gasteiger partial charge in [0.15, 0.2) is 0 Å². The van der Waals surface area contributed by atoms with E-state index in [9.17, 15) is 26.4 Å².